The fourth-order valence-electron chi connectivity index (χ4n) is 2.14. The number of carboxylic acid groups (broad SMARTS) is 2. The number of aryl methyl sites for hydroxylation is 2. The number of carboxylic acids is 2. The maximum atomic E-state index is 11.4. The Hall–Kier alpha value is -2.43. The molecule has 0 saturated carbocycles. The predicted octanol–water partition coefficient (Wildman–Crippen LogP) is 2.50. The van der Waals surface area contributed by atoms with Crippen LogP contribution in [0.4, 0.5) is 0 Å². The van der Waals surface area contributed by atoms with Gasteiger partial charge in [0.15, 0.2) is 0 Å². The summed E-state index contributed by atoms with van der Waals surface area (Å²) in [6.07, 6.45) is 0.367. The fourth-order valence-corrected chi connectivity index (χ4v) is 2.14. The van der Waals surface area contributed by atoms with E-state index in [1.807, 2.05) is 13.0 Å². The maximum Gasteiger partial charge on any atom is 0.338 e. The number of fused-ring (bicyclic) bond motifs is 1. The van der Waals surface area contributed by atoms with Crippen molar-refractivity contribution in [1.82, 2.24) is 4.98 Å². The second-order valence-corrected chi connectivity index (χ2v) is 4.29. The van der Waals surface area contributed by atoms with Gasteiger partial charge in [-0.3, -0.25) is 4.98 Å². The van der Waals surface area contributed by atoms with Gasteiger partial charge in [-0.05, 0) is 25.5 Å². The normalized spacial score (nSPS) is 10.6. The SMILES string of the molecule is CCc1nc2ccc(C)cc2c(C(=O)O)c1C(=O)O. The van der Waals surface area contributed by atoms with E-state index in [-0.39, 0.29) is 11.1 Å². The van der Waals surface area contributed by atoms with E-state index in [2.05, 4.69) is 4.98 Å². The van der Waals surface area contributed by atoms with Gasteiger partial charge in [-0.1, -0.05) is 18.6 Å². The third kappa shape index (κ3) is 2.14. The van der Waals surface area contributed by atoms with E-state index in [4.69, 9.17) is 0 Å². The molecule has 1 aromatic carbocycles. The third-order valence-electron chi connectivity index (χ3n) is 2.98. The highest BCUT2D eigenvalue weighted by Crippen LogP contribution is 2.25. The van der Waals surface area contributed by atoms with Crippen LogP contribution in [0.5, 0.6) is 0 Å². The second kappa shape index (κ2) is 4.68. The summed E-state index contributed by atoms with van der Waals surface area (Å²) >= 11 is 0. The van der Waals surface area contributed by atoms with Crippen LogP contribution < -0.4 is 0 Å². The molecule has 0 radical (unpaired) electrons. The molecule has 5 heteroatoms. The van der Waals surface area contributed by atoms with Gasteiger partial charge in [0.25, 0.3) is 0 Å². The van der Waals surface area contributed by atoms with Crippen LogP contribution in [-0.2, 0) is 6.42 Å². The van der Waals surface area contributed by atoms with Crippen LogP contribution >= 0.6 is 0 Å². The quantitative estimate of drug-likeness (QED) is 0.884. The van der Waals surface area contributed by atoms with Gasteiger partial charge in [-0.25, -0.2) is 9.59 Å². The summed E-state index contributed by atoms with van der Waals surface area (Å²) in [4.78, 5) is 27.0. The number of rotatable bonds is 3. The molecule has 0 amide bonds. The summed E-state index contributed by atoms with van der Waals surface area (Å²) < 4.78 is 0. The zero-order valence-corrected chi connectivity index (χ0v) is 10.6. The number of aromatic carboxylic acids is 2. The molecule has 19 heavy (non-hydrogen) atoms. The number of carbonyl (C=O) groups is 2. The Labute approximate surface area is 109 Å². The molecule has 2 N–H and O–H groups in total. The van der Waals surface area contributed by atoms with Crippen molar-refractivity contribution in [1.29, 1.82) is 0 Å². The van der Waals surface area contributed by atoms with Gasteiger partial charge in [0.1, 0.15) is 0 Å². The highest BCUT2D eigenvalue weighted by molar-refractivity contribution is 6.11. The van der Waals surface area contributed by atoms with Crippen molar-refractivity contribution in [3.05, 3.63) is 40.6 Å². The van der Waals surface area contributed by atoms with Crippen LogP contribution in [0.2, 0.25) is 0 Å². The molecule has 0 saturated heterocycles. The van der Waals surface area contributed by atoms with Gasteiger partial charge >= 0.3 is 11.9 Å². The summed E-state index contributed by atoms with van der Waals surface area (Å²) in [5.74, 6) is -2.50. The number of nitrogens with zero attached hydrogens (tertiary/aromatic N) is 1. The Balaban J connectivity index is 3.00. The van der Waals surface area contributed by atoms with Crippen molar-refractivity contribution in [3.63, 3.8) is 0 Å². The average molecular weight is 259 g/mol. The third-order valence-corrected chi connectivity index (χ3v) is 2.98. The van der Waals surface area contributed by atoms with E-state index in [0.717, 1.165) is 5.56 Å². The zero-order valence-electron chi connectivity index (χ0n) is 10.6. The van der Waals surface area contributed by atoms with Crippen molar-refractivity contribution < 1.29 is 19.8 Å². The molecule has 0 aliphatic carbocycles. The van der Waals surface area contributed by atoms with Gasteiger partial charge < -0.3 is 10.2 Å². The van der Waals surface area contributed by atoms with Crippen molar-refractivity contribution in [2.24, 2.45) is 0 Å². The first kappa shape index (κ1) is 13.0. The first-order valence-electron chi connectivity index (χ1n) is 5.85. The van der Waals surface area contributed by atoms with Crippen LogP contribution in [0.25, 0.3) is 10.9 Å². The Morgan fingerprint density at radius 3 is 2.32 bits per heavy atom. The summed E-state index contributed by atoms with van der Waals surface area (Å²) in [6.45, 7) is 3.57. The lowest BCUT2D eigenvalue weighted by Gasteiger charge is -2.11. The summed E-state index contributed by atoms with van der Waals surface area (Å²) in [7, 11) is 0. The molecule has 0 atom stereocenters. The predicted molar refractivity (Wildman–Crippen MR) is 69.8 cm³/mol. The van der Waals surface area contributed by atoms with Crippen LogP contribution in [-0.4, -0.2) is 27.1 Å². The lowest BCUT2D eigenvalue weighted by atomic mass is 9.98. The van der Waals surface area contributed by atoms with Crippen molar-refractivity contribution in [2.45, 2.75) is 20.3 Å². The summed E-state index contributed by atoms with van der Waals surface area (Å²) in [5, 5.41) is 18.9. The Kier molecular flexibility index (Phi) is 3.21. The smallest absolute Gasteiger partial charge is 0.338 e. The minimum Gasteiger partial charge on any atom is -0.478 e. The van der Waals surface area contributed by atoms with E-state index in [1.165, 1.54) is 0 Å². The van der Waals surface area contributed by atoms with Crippen molar-refractivity contribution in [2.75, 3.05) is 0 Å². The molecule has 0 unspecified atom stereocenters. The summed E-state index contributed by atoms with van der Waals surface area (Å²) in [6, 6.07) is 5.18. The molecule has 0 fully saturated rings. The van der Waals surface area contributed by atoms with E-state index < -0.39 is 11.9 Å². The molecule has 0 aliphatic heterocycles. The fraction of sp³-hybridized carbons (Fsp3) is 0.214. The second-order valence-electron chi connectivity index (χ2n) is 4.29. The maximum absolute atomic E-state index is 11.4. The Morgan fingerprint density at radius 1 is 1.16 bits per heavy atom. The topological polar surface area (TPSA) is 87.5 Å². The summed E-state index contributed by atoms with van der Waals surface area (Å²) in [5.41, 5.74) is 1.26. The minimum absolute atomic E-state index is 0.182. The van der Waals surface area contributed by atoms with E-state index in [9.17, 15) is 19.8 Å². The number of hydrogen-bond acceptors (Lipinski definition) is 3. The zero-order chi connectivity index (χ0) is 14.2. The van der Waals surface area contributed by atoms with Crippen LogP contribution in [0.1, 0.15) is 38.9 Å². The molecule has 0 spiro atoms. The molecule has 0 bridgehead atoms. The molecular formula is C14H13NO4. The van der Waals surface area contributed by atoms with Gasteiger partial charge in [0.05, 0.1) is 22.3 Å². The molecule has 1 heterocycles. The monoisotopic (exact) mass is 259 g/mol. The first-order chi connectivity index (χ1) is 8.95. The molecule has 2 aromatic rings. The van der Waals surface area contributed by atoms with E-state index in [0.29, 0.717) is 23.0 Å². The van der Waals surface area contributed by atoms with Crippen LogP contribution in [0, 0.1) is 6.92 Å². The van der Waals surface area contributed by atoms with Crippen molar-refractivity contribution in [3.8, 4) is 0 Å². The molecule has 1 aromatic heterocycles. The number of benzene rings is 1. The first-order valence-corrected chi connectivity index (χ1v) is 5.85. The highest BCUT2D eigenvalue weighted by atomic mass is 16.4. The lowest BCUT2D eigenvalue weighted by molar-refractivity contribution is 0.0651. The van der Waals surface area contributed by atoms with Crippen LogP contribution in [0.3, 0.4) is 0 Å². The highest BCUT2D eigenvalue weighted by Gasteiger charge is 2.24. The van der Waals surface area contributed by atoms with Crippen LogP contribution in [0.15, 0.2) is 18.2 Å². The van der Waals surface area contributed by atoms with E-state index in [1.54, 1.807) is 19.1 Å². The molecule has 98 valence electrons. The minimum atomic E-state index is -1.26. The molecular weight excluding hydrogens is 246 g/mol. The Morgan fingerprint density at radius 2 is 1.79 bits per heavy atom. The largest absolute Gasteiger partial charge is 0.478 e. The van der Waals surface area contributed by atoms with Gasteiger partial charge in [0, 0.05) is 5.39 Å². The standard InChI is InChI=1S/C14H13NO4/c1-3-9-12(14(18)19)11(13(16)17)8-6-7(2)4-5-10(8)15-9/h4-6H,3H2,1-2H3,(H,16,17)(H,18,19). The van der Waals surface area contributed by atoms with Gasteiger partial charge in [0.2, 0.25) is 0 Å². The number of hydrogen-bond donors (Lipinski definition) is 2. The number of aromatic nitrogens is 1. The molecule has 0 aliphatic rings. The number of pyridine rings is 1. The van der Waals surface area contributed by atoms with Gasteiger partial charge in [-0.2, -0.15) is 0 Å². The van der Waals surface area contributed by atoms with E-state index >= 15 is 0 Å². The average Bonchev–Trinajstić information content (AvgIpc) is 2.35. The Bertz CT molecular complexity index is 691. The van der Waals surface area contributed by atoms with Crippen molar-refractivity contribution >= 4 is 22.8 Å². The molecule has 5 nitrogen and oxygen atoms in total. The lowest BCUT2D eigenvalue weighted by Crippen LogP contribution is -2.14. The molecule has 2 rings (SSSR count). The van der Waals surface area contributed by atoms with Gasteiger partial charge in [-0.15, -0.1) is 0 Å².